The van der Waals surface area contributed by atoms with Crippen molar-refractivity contribution < 1.29 is 17.8 Å². The van der Waals surface area contributed by atoms with Gasteiger partial charge >= 0.3 is 136 Å². The van der Waals surface area contributed by atoms with Crippen molar-refractivity contribution in [3.8, 4) is 22.3 Å². The summed E-state index contributed by atoms with van der Waals surface area (Å²) in [7, 11) is 0. The Hall–Kier alpha value is -2.17. The molecule has 0 saturated heterocycles. The normalized spacial score (nSPS) is 14.7. The summed E-state index contributed by atoms with van der Waals surface area (Å²) in [4.78, 5) is 0. The van der Waals surface area contributed by atoms with Crippen molar-refractivity contribution >= 4 is 17.5 Å². The van der Waals surface area contributed by atoms with Crippen LogP contribution in [0.4, 0.5) is 17.8 Å². The molecule has 3 aromatic carbocycles. The molecule has 0 nitrogen and oxygen atoms in total. The van der Waals surface area contributed by atoms with E-state index in [4.69, 9.17) is 0 Å². The SMILES string of the molecule is F[Se](F)(F)(F)(F)c1cccc(-c2ccccc2)c1-c1ccccc1. The van der Waals surface area contributed by atoms with Gasteiger partial charge in [-0.3, -0.25) is 0 Å². The van der Waals surface area contributed by atoms with Gasteiger partial charge in [0.1, 0.15) is 0 Å². The Bertz CT molecular complexity index is 872. The van der Waals surface area contributed by atoms with Crippen LogP contribution in [0.3, 0.4) is 0 Å². The van der Waals surface area contributed by atoms with Gasteiger partial charge in [0.25, 0.3) is 0 Å². The van der Waals surface area contributed by atoms with Gasteiger partial charge in [0, 0.05) is 0 Å². The summed E-state index contributed by atoms with van der Waals surface area (Å²) < 4.78 is 66.4. The molecule has 126 valence electrons. The van der Waals surface area contributed by atoms with Crippen LogP contribution in [-0.4, -0.2) is 13.0 Å². The first-order valence-electron chi connectivity index (χ1n) is 7.04. The Balaban J connectivity index is 2.42. The van der Waals surface area contributed by atoms with Crippen LogP contribution >= 0.6 is 0 Å². The van der Waals surface area contributed by atoms with Crippen molar-refractivity contribution in [2.24, 2.45) is 0 Å². The number of hydrogen-bond acceptors (Lipinski definition) is 0. The Labute approximate surface area is 136 Å². The van der Waals surface area contributed by atoms with Crippen LogP contribution < -0.4 is 4.46 Å². The molecule has 0 spiro atoms. The Kier molecular flexibility index (Phi) is 3.41. The summed E-state index contributed by atoms with van der Waals surface area (Å²) in [5.74, 6) is 0. The summed E-state index contributed by atoms with van der Waals surface area (Å²) >= 11 is -10.5. The minimum atomic E-state index is -10.5. The molecule has 0 N–H and O–H groups in total. The fourth-order valence-corrected chi connectivity index (χ4v) is 4.61. The van der Waals surface area contributed by atoms with Gasteiger partial charge in [0.2, 0.25) is 0 Å². The molecular weight excluding hydrogens is 390 g/mol. The fraction of sp³-hybridized carbons (Fsp3) is 0. The number of benzene rings is 3. The first kappa shape index (κ1) is 16.7. The molecule has 6 heteroatoms. The van der Waals surface area contributed by atoms with E-state index in [2.05, 4.69) is 0 Å². The molecule has 0 amide bonds. The first-order valence-corrected chi connectivity index (χ1v) is 11.1. The molecule has 0 radical (unpaired) electrons. The zero-order valence-corrected chi connectivity index (χ0v) is 14.0. The average molecular weight is 403 g/mol. The van der Waals surface area contributed by atoms with Crippen LogP contribution in [0, 0.1) is 0 Å². The van der Waals surface area contributed by atoms with E-state index in [1.807, 2.05) is 0 Å². The number of rotatable bonds is 3. The molecular formula is C18H13F5Se. The van der Waals surface area contributed by atoms with Crippen molar-refractivity contribution in [3.05, 3.63) is 78.9 Å². The van der Waals surface area contributed by atoms with Crippen LogP contribution in [0.2, 0.25) is 0 Å². The van der Waals surface area contributed by atoms with Crippen molar-refractivity contribution in [2.75, 3.05) is 0 Å². The Morgan fingerprint density at radius 2 is 1.00 bits per heavy atom. The molecule has 0 aliphatic rings. The van der Waals surface area contributed by atoms with E-state index < -0.39 is 23.0 Å². The van der Waals surface area contributed by atoms with Crippen LogP contribution in [-0.2, 0) is 0 Å². The molecule has 0 atom stereocenters. The molecule has 0 bridgehead atoms. The first-order chi connectivity index (χ1) is 11.1. The van der Waals surface area contributed by atoms with E-state index in [1.165, 1.54) is 30.3 Å². The number of halogens is 5. The van der Waals surface area contributed by atoms with Crippen molar-refractivity contribution in [2.45, 2.75) is 0 Å². The van der Waals surface area contributed by atoms with Crippen molar-refractivity contribution in [1.29, 1.82) is 0 Å². The monoisotopic (exact) mass is 404 g/mol. The third-order valence-corrected chi connectivity index (χ3v) is 6.05. The fourth-order valence-electron chi connectivity index (χ4n) is 2.61. The molecule has 0 aromatic heterocycles. The van der Waals surface area contributed by atoms with E-state index in [-0.39, 0.29) is 11.1 Å². The molecule has 0 heterocycles. The maximum absolute atomic E-state index is 13.6. The molecule has 3 aromatic rings. The molecule has 0 aliphatic carbocycles. The van der Waals surface area contributed by atoms with E-state index >= 15 is 0 Å². The van der Waals surface area contributed by atoms with Gasteiger partial charge in [0.05, 0.1) is 0 Å². The zero-order valence-electron chi connectivity index (χ0n) is 12.3. The van der Waals surface area contributed by atoms with Gasteiger partial charge < -0.3 is 0 Å². The average Bonchev–Trinajstić information content (AvgIpc) is 2.54. The number of hydrogen-bond donors (Lipinski definition) is 0. The van der Waals surface area contributed by atoms with Gasteiger partial charge in [-0.1, -0.05) is 0 Å². The second kappa shape index (κ2) is 4.91. The molecule has 0 unspecified atom stereocenters. The second-order valence-electron chi connectivity index (χ2n) is 5.38. The summed E-state index contributed by atoms with van der Waals surface area (Å²) in [6, 6.07) is 18.6. The summed E-state index contributed by atoms with van der Waals surface area (Å²) in [6.45, 7) is 0. The van der Waals surface area contributed by atoms with Gasteiger partial charge in [-0.25, -0.2) is 0 Å². The van der Waals surface area contributed by atoms with E-state index in [9.17, 15) is 17.8 Å². The predicted octanol–water partition coefficient (Wildman–Crippen LogP) is 5.92. The zero-order chi connectivity index (χ0) is 17.5. The van der Waals surface area contributed by atoms with E-state index in [1.54, 1.807) is 36.4 Å². The third kappa shape index (κ3) is 3.35. The summed E-state index contributed by atoms with van der Waals surface area (Å²) in [5, 5.41) is 0. The summed E-state index contributed by atoms with van der Waals surface area (Å²) in [5.41, 5.74) is 0.217. The topological polar surface area (TPSA) is 0 Å². The van der Waals surface area contributed by atoms with Crippen LogP contribution in [0.25, 0.3) is 22.3 Å². The molecule has 0 fully saturated rings. The quantitative estimate of drug-likeness (QED) is 0.377. The van der Waals surface area contributed by atoms with Crippen LogP contribution in [0.5, 0.6) is 0 Å². The van der Waals surface area contributed by atoms with Gasteiger partial charge in [-0.05, 0) is 0 Å². The van der Waals surface area contributed by atoms with Crippen LogP contribution in [0.15, 0.2) is 78.9 Å². The summed E-state index contributed by atoms with van der Waals surface area (Å²) in [6.07, 6.45) is 0. The van der Waals surface area contributed by atoms with Crippen LogP contribution in [0.1, 0.15) is 0 Å². The van der Waals surface area contributed by atoms with Gasteiger partial charge in [0.15, 0.2) is 0 Å². The van der Waals surface area contributed by atoms with E-state index in [0.29, 0.717) is 11.6 Å². The molecule has 0 aliphatic heterocycles. The third-order valence-electron chi connectivity index (χ3n) is 3.59. The minimum absolute atomic E-state index is 0.110. The van der Waals surface area contributed by atoms with E-state index in [0.717, 1.165) is 6.07 Å². The second-order valence-corrected chi connectivity index (χ2v) is 10.4. The Morgan fingerprint density at radius 1 is 0.500 bits per heavy atom. The van der Waals surface area contributed by atoms with Crippen molar-refractivity contribution in [1.82, 2.24) is 0 Å². The predicted molar refractivity (Wildman–Crippen MR) is 88.2 cm³/mol. The van der Waals surface area contributed by atoms with Gasteiger partial charge in [-0.2, -0.15) is 0 Å². The molecule has 0 saturated carbocycles. The Morgan fingerprint density at radius 3 is 1.50 bits per heavy atom. The maximum atomic E-state index is 13.6. The molecule has 3 rings (SSSR count). The molecule has 24 heavy (non-hydrogen) atoms. The standard InChI is InChI=1S/C18H13F5Se/c19-24(20,21,22,23)17-13-7-12-16(14-8-3-1-4-9-14)18(17)15-10-5-2-6-11-15/h1-13H. The van der Waals surface area contributed by atoms with Crippen molar-refractivity contribution in [3.63, 3.8) is 0 Å². The van der Waals surface area contributed by atoms with Gasteiger partial charge in [-0.15, -0.1) is 0 Å².